The second kappa shape index (κ2) is 9.10. The maximum absolute atomic E-state index is 4.80. The van der Waals surface area contributed by atoms with Gasteiger partial charge in [0.25, 0.3) is 0 Å². The zero-order chi connectivity index (χ0) is 24.0. The second-order valence-electron chi connectivity index (χ2n) is 7.19. The van der Waals surface area contributed by atoms with Crippen molar-refractivity contribution in [1.29, 1.82) is 0 Å². The molecule has 1 atom stereocenters. The number of thiazole rings is 1. The summed E-state index contributed by atoms with van der Waals surface area (Å²) in [6.45, 7) is 0. The van der Waals surface area contributed by atoms with Crippen LogP contribution < -0.4 is 0 Å². The molecule has 0 spiro atoms. The van der Waals surface area contributed by atoms with Crippen molar-refractivity contribution in [3.8, 4) is 0 Å². The third-order valence-electron chi connectivity index (χ3n) is 5.41. The number of aromatic nitrogens is 9. The van der Waals surface area contributed by atoms with Gasteiger partial charge in [0.15, 0.2) is 5.01 Å². The van der Waals surface area contributed by atoms with Crippen molar-refractivity contribution in [2.24, 2.45) is 0 Å². The van der Waals surface area contributed by atoms with Gasteiger partial charge in [-0.3, -0.25) is 0 Å². The van der Waals surface area contributed by atoms with Crippen LogP contribution in [0.3, 0.4) is 0 Å². The summed E-state index contributed by atoms with van der Waals surface area (Å²) in [7, 11) is -2.32. The topological polar surface area (TPSA) is 116 Å². The fourth-order valence-corrected chi connectivity index (χ4v) is 12.2. The summed E-state index contributed by atoms with van der Waals surface area (Å²) in [6.07, 6.45) is 3.49. The SMILES string of the molecule is c1cnnc(S2(c3csnn3)C(c3cccs3)=C(c3ccsn3)C(c3nccs3)=C2c2nnns2)c1. The van der Waals surface area contributed by atoms with E-state index in [0.29, 0.717) is 5.01 Å². The zero-order valence-corrected chi connectivity index (χ0v) is 22.7. The number of allylic oxidation sites excluding steroid dienone is 2. The zero-order valence-electron chi connectivity index (χ0n) is 17.8. The van der Waals surface area contributed by atoms with Crippen molar-refractivity contribution in [1.82, 2.24) is 43.9 Å². The van der Waals surface area contributed by atoms with Crippen LogP contribution >= 0.6 is 67.3 Å². The highest BCUT2D eigenvalue weighted by Crippen LogP contribution is 2.84. The van der Waals surface area contributed by atoms with Crippen molar-refractivity contribution < 1.29 is 0 Å². The molecule has 0 radical (unpaired) electrons. The van der Waals surface area contributed by atoms with Gasteiger partial charge in [0, 0.05) is 61.0 Å². The second-order valence-corrected chi connectivity index (χ2v) is 13.9. The van der Waals surface area contributed by atoms with Gasteiger partial charge in [-0.05, 0) is 57.9 Å². The molecule has 0 N–H and O–H groups in total. The summed E-state index contributed by atoms with van der Waals surface area (Å²) in [5, 5.41) is 33.3. The third-order valence-corrected chi connectivity index (χ3v) is 12.9. The van der Waals surface area contributed by atoms with Gasteiger partial charge in [0.2, 0.25) is 0 Å². The maximum Gasteiger partial charge on any atom is 0.174 e. The molecule has 6 aromatic heterocycles. The van der Waals surface area contributed by atoms with Crippen molar-refractivity contribution in [2.45, 2.75) is 10.1 Å². The Morgan fingerprint density at radius 2 is 1.72 bits per heavy atom. The summed E-state index contributed by atoms with van der Waals surface area (Å²) in [4.78, 5) is 7.86. The lowest BCUT2D eigenvalue weighted by atomic mass is 10.0. The van der Waals surface area contributed by atoms with Gasteiger partial charge in [-0.15, -0.1) is 38.0 Å². The van der Waals surface area contributed by atoms with E-state index in [0.717, 1.165) is 46.6 Å². The molecular weight excluding hydrogens is 571 g/mol. The summed E-state index contributed by atoms with van der Waals surface area (Å²) >= 11 is 7.21. The minimum Gasteiger partial charge on any atom is -0.244 e. The average Bonchev–Trinajstić information content (AvgIpc) is 3.73. The molecule has 0 aromatic carbocycles. The Hall–Kier alpha value is -3.08. The lowest BCUT2D eigenvalue weighted by molar-refractivity contribution is 0.917. The first-order chi connectivity index (χ1) is 17.9. The van der Waals surface area contributed by atoms with Crippen LogP contribution in [0.15, 0.2) is 74.3 Å². The fourth-order valence-electron chi connectivity index (χ4n) is 4.18. The molecule has 176 valence electrons. The molecule has 36 heavy (non-hydrogen) atoms. The summed E-state index contributed by atoms with van der Waals surface area (Å²) in [6, 6.07) is 10.1. The molecule has 7 heterocycles. The van der Waals surface area contributed by atoms with Gasteiger partial charge in [-0.2, -0.15) is 9.47 Å². The van der Waals surface area contributed by atoms with E-state index in [4.69, 9.17) is 14.5 Å². The summed E-state index contributed by atoms with van der Waals surface area (Å²) in [5.74, 6) is 0. The summed E-state index contributed by atoms with van der Waals surface area (Å²) < 4.78 is 13.2. The number of nitrogens with zero attached hydrogens (tertiary/aromatic N) is 9. The van der Waals surface area contributed by atoms with Gasteiger partial charge in [0.1, 0.15) is 15.1 Å². The Labute approximate surface area is 225 Å². The summed E-state index contributed by atoms with van der Waals surface area (Å²) in [5.41, 5.74) is 2.81. The third kappa shape index (κ3) is 3.28. The van der Waals surface area contributed by atoms with Crippen LogP contribution in [0, 0.1) is 0 Å². The van der Waals surface area contributed by atoms with Gasteiger partial charge in [0.05, 0.1) is 10.6 Å². The number of thiophene rings is 1. The quantitative estimate of drug-likeness (QED) is 0.236. The highest BCUT2D eigenvalue weighted by Gasteiger charge is 2.52. The van der Waals surface area contributed by atoms with Crippen molar-refractivity contribution in [3.63, 3.8) is 0 Å². The fraction of sp³-hybridized carbons (Fsp3) is 0. The standard InChI is InChI=1S/C21H11N9S6/c1-4-14(24-23-6-1)36(15-11-34-29-25-15)18(13-3-2-8-31-13)16(12-5-9-33-27-12)17(20-22-7-10-32-20)19(36)21-26-28-30-35-21/h1-11H. The van der Waals surface area contributed by atoms with E-state index in [1.54, 1.807) is 28.9 Å². The van der Waals surface area contributed by atoms with Crippen LogP contribution in [-0.2, 0) is 0 Å². The predicted octanol–water partition coefficient (Wildman–Crippen LogP) is 5.92. The Bertz CT molecular complexity index is 1570. The Morgan fingerprint density at radius 3 is 2.39 bits per heavy atom. The maximum atomic E-state index is 4.80. The monoisotopic (exact) mass is 581 g/mol. The molecule has 1 aliphatic heterocycles. The van der Waals surface area contributed by atoms with E-state index in [1.807, 2.05) is 40.5 Å². The van der Waals surface area contributed by atoms with Gasteiger partial charge < -0.3 is 0 Å². The molecule has 15 heteroatoms. The molecule has 0 fully saturated rings. The first kappa shape index (κ1) is 22.1. The van der Waals surface area contributed by atoms with E-state index in [-0.39, 0.29) is 0 Å². The smallest absolute Gasteiger partial charge is 0.174 e. The molecular formula is C21H11N9S6. The highest BCUT2D eigenvalue weighted by molar-refractivity contribution is 8.48. The molecule has 0 aliphatic carbocycles. The van der Waals surface area contributed by atoms with Crippen LogP contribution in [0.2, 0.25) is 0 Å². The van der Waals surface area contributed by atoms with Crippen LogP contribution in [0.25, 0.3) is 21.0 Å². The van der Waals surface area contributed by atoms with E-state index in [1.165, 1.54) is 34.6 Å². The van der Waals surface area contributed by atoms with E-state index in [2.05, 4.69) is 47.0 Å². The molecule has 0 saturated carbocycles. The molecule has 1 unspecified atom stereocenters. The van der Waals surface area contributed by atoms with Crippen molar-refractivity contribution in [3.05, 3.63) is 84.8 Å². The Morgan fingerprint density at radius 1 is 0.722 bits per heavy atom. The van der Waals surface area contributed by atoms with Crippen LogP contribution in [0.1, 0.15) is 20.6 Å². The normalized spacial score (nSPS) is 19.7. The van der Waals surface area contributed by atoms with Crippen LogP contribution in [-0.4, -0.2) is 43.9 Å². The van der Waals surface area contributed by atoms with Gasteiger partial charge >= 0.3 is 0 Å². The molecule has 0 amide bonds. The minimum absolute atomic E-state index is 0.688. The van der Waals surface area contributed by atoms with Gasteiger partial charge in [-0.1, -0.05) is 25.1 Å². The van der Waals surface area contributed by atoms with Gasteiger partial charge in [-0.25, -0.2) is 4.98 Å². The number of hydrogen-bond acceptors (Lipinski definition) is 14. The van der Waals surface area contributed by atoms with Crippen molar-refractivity contribution in [2.75, 3.05) is 0 Å². The largest absolute Gasteiger partial charge is 0.244 e. The average molecular weight is 582 g/mol. The highest BCUT2D eigenvalue weighted by atomic mass is 32.3. The Balaban J connectivity index is 1.75. The molecule has 6 aromatic rings. The Kier molecular flexibility index (Phi) is 5.60. The van der Waals surface area contributed by atoms with Crippen molar-refractivity contribution >= 4 is 88.3 Å². The van der Waals surface area contributed by atoms with E-state index < -0.39 is 10.0 Å². The first-order valence-electron chi connectivity index (χ1n) is 10.3. The molecule has 7 rings (SSSR count). The molecule has 0 saturated heterocycles. The van der Waals surface area contributed by atoms with E-state index in [9.17, 15) is 0 Å². The van der Waals surface area contributed by atoms with Crippen LogP contribution in [0.4, 0.5) is 0 Å². The lowest BCUT2D eigenvalue weighted by Gasteiger charge is -2.37. The van der Waals surface area contributed by atoms with Crippen LogP contribution in [0.5, 0.6) is 0 Å². The molecule has 1 aliphatic rings. The van der Waals surface area contributed by atoms with E-state index >= 15 is 0 Å². The number of hydrogen-bond donors (Lipinski definition) is 0. The molecule has 9 nitrogen and oxygen atoms in total. The first-order valence-corrected chi connectivity index (χ1v) is 16.1. The lowest BCUT2D eigenvalue weighted by Crippen LogP contribution is -2.08. The minimum atomic E-state index is -2.32. The number of rotatable bonds is 6. The molecule has 0 bridgehead atoms. The predicted molar refractivity (Wildman–Crippen MR) is 146 cm³/mol.